The fraction of sp³-hybridized carbons (Fsp3) is 0.100. The number of isothiocyanates is 1. The van der Waals surface area contributed by atoms with E-state index in [1.54, 1.807) is 23.3 Å². The van der Waals surface area contributed by atoms with Gasteiger partial charge in [-0.05, 0) is 31.3 Å². The van der Waals surface area contributed by atoms with Gasteiger partial charge in [0, 0.05) is 6.20 Å². The van der Waals surface area contributed by atoms with E-state index in [1.807, 2.05) is 19.1 Å². The summed E-state index contributed by atoms with van der Waals surface area (Å²) in [5.74, 6) is 0. The van der Waals surface area contributed by atoms with Crippen LogP contribution in [0.3, 0.4) is 0 Å². The summed E-state index contributed by atoms with van der Waals surface area (Å²) in [5.41, 5.74) is 2.44. The number of aryl methyl sites for hydroxylation is 1. The molecule has 0 saturated carbocycles. The first-order valence-corrected chi connectivity index (χ1v) is 4.76. The van der Waals surface area contributed by atoms with Crippen molar-refractivity contribution in [1.82, 2.24) is 14.8 Å². The van der Waals surface area contributed by atoms with E-state index in [0.717, 1.165) is 17.1 Å². The van der Waals surface area contributed by atoms with Crippen molar-refractivity contribution in [2.45, 2.75) is 6.92 Å². The largest absolute Gasteiger partial charge is 0.262 e. The zero-order chi connectivity index (χ0) is 10.7. The highest BCUT2D eigenvalue weighted by Crippen LogP contribution is 2.18. The molecule has 0 atom stereocenters. The Hall–Kier alpha value is -1.84. The molecule has 0 bridgehead atoms. The van der Waals surface area contributed by atoms with Gasteiger partial charge in [0.05, 0.1) is 28.9 Å². The van der Waals surface area contributed by atoms with Crippen LogP contribution in [0.25, 0.3) is 5.69 Å². The molecule has 2 rings (SSSR count). The molecule has 0 aliphatic heterocycles. The van der Waals surface area contributed by atoms with Gasteiger partial charge in [0.2, 0.25) is 0 Å². The fourth-order valence-corrected chi connectivity index (χ4v) is 1.33. The van der Waals surface area contributed by atoms with Crippen LogP contribution in [0.4, 0.5) is 5.69 Å². The van der Waals surface area contributed by atoms with Crippen molar-refractivity contribution in [3.05, 3.63) is 36.4 Å². The first-order chi connectivity index (χ1) is 7.31. The third kappa shape index (κ3) is 1.98. The number of aliphatic imine (C=N–C) groups is 1. The van der Waals surface area contributed by atoms with Crippen LogP contribution in [0.5, 0.6) is 0 Å². The second-order valence-corrected chi connectivity index (χ2v) is 3.14. The van der Waals surface area contributed by atoms with Crippen LogP contribution in [-0.2, 0) is 0 Å². The van der Waals surface area contributed by atoms with Gasteiger partial charge in [-0.1, -0.05) is 0 Å². The van der Waals surface area contributed by atoms with Gasteiger partial charge in [0.25, 0.3) is 0 Å². The number of pyridine rings is 1. The maximum absolute atomic E-state index is 4.55. The average molecular weight is 216 g/mol. The molecule has 0 N–H and O–H groups in total. The molecule has 2 aromatic rings. The minimum Gasteiger partial charge on any atom is -0.262 e. The highest BCUT2D eigenvalue weighted by Gasteiger charge is 2.04. The molecular weight excluding hydrogens is 208 g/mol. The second-order valence-electron chi connectivity index (χ2n) is 2.96. The molecule has 0 saturated heterocycles. The van der Waals surface area contributed by atoms with Crippen molar-refractivity contribution in [3.8, 4) is 5.69 Å². The molecule has 0 fully saturated rings. The highest BCUT2D eigenvalue weighted by atomic mass is 32.1. The monoisotopic (exact) mass is 216 g/mol. The van der Waals surface area contributed by atoms with Crippen LogP contribution in [0.2, 0.25) is 0 Å². The highest BCUT2D eigenvalue weighted by molar-refractivity contribution is 7.78. The van der Waals surface area contributed by atoms with Gasteiger partial charge in [-0.3, -0.25) is 4.98 Å². The van der Waals surface area contributed by atoms with E-state index >= 15 is 0 Å². The van der Waals surface area contributed by atoms with Crippen molar-refractivity contribution in [2.24, 2.45) is 4.99 Å². The maximum Gasteiger partial charge on any atom is 0.115 e. The maximum atomic E-state index is 4.55. The minimum absolute atomic E-state index is 0.730. The number of rotatable bonds is 2. The third-order valence-electron chi connectivity index (χ3n) is 1.95. The van der Waals surface area contributed by atoms with Crippen molar-refractivity contribution < 1.29 is 0 Å². The summed E-state index contributed by atoms with van der Waals surface area (Å²) >= 11 is 4.55. The van der Waals surface area contributed by atoms with E-state index in [-0.39, 0.29) is 0 Å². The lowest BCUT2D eigenvalue weighted by Gasteiger charge is -1.97. The second kappa shape index (κ2) is 4.13. The van der Waals surface area contributed by atoms with E-state index in [2.05, 4.69) is 32.5 Å². The first-order valence-electron chi connectivity index (χ1n) is 4.36. The SMILES string of the molecule is Cc1nn(-c2cccnc2)cc1N=C=S. The lowest BCUT2D eigenvalue weighted by Crippen LogP contribution is -1.94. The van der Waals surface area contributed by atoms with Crippen molar-refractivity contribution in [2.75, 3.05) is 0 Å². The van der Waals surface area contributed by atoms with E-state index in [4.69, 9.17) is 0 Å². The molecular formula is C10H8N4S. The molecule has 5 heteroatoms. The lowest BCUT2D eigenvalue weighted by molar-refractivity contribution is 0.857. The summed E-state index contributed by atoms with van der Waals surface area (Å²) in [4.78, 5) is 7.93. The number of aromatic nitrogens is 3. The van der Waals surface area contributed by atoms with Gasteiger partial charge in [-0.25, -0.2) is 4.68 Å². The summed E-state index contributed by atoms with van der Waals surface area (Å²) in [6.07, 6.45) is 5.25. The molecule has 0 aromatic carbocycles. The van der Waals surface area contributed by atoms with Gasteiger partial charge in [0.1, 0.15) is 5.69 Å². The Bertz CT molecular complexity index is 511. The number of hydrogen-bond donors (Lipinski definition) is 0. The van der Waals surface area contributed by atoms with Crippen LogP contribution >= 0.6 is 12.2 Å². The molecule has 0 amide bonds. The lowest BCUT2D eigenvalue weighted by atomic mass is 10.4. The Morgan fingerprint density at radius 1 is 1.53 bits per heavy atom. The van der Waals surface area contributed by atoms with Crippen molar-refractivity contribution in [1.29, 1.82) is 0 Å². The Morgan fingerprint density at radius 2 is 2.40 bits per heavy atom. The molecule has 0 radical (unpaired) electrons. The quantitative estimate of drug-likeness (QED) is 0.571. The van der Waals surface area contributed by atoms with Crippen LogP contribution in [0.1, 0.15) is 5.69 Å². The van der Waals surface area contributed by atoms with Crippen molar-refractivity contribution in [3.63, 3.8) is 0 Å². The van der Waals surface area contributed by atoms with Crippen LogP contribution in [-0.4, -0.2) is 19.9 Å². The van der Waals surface area contributed by atoms with Gasteiger partial charge < -0.3 is 0 Å². The normalized spacial score (nSPS) is 9.67. The first kappa shape index (κ1) is 9.71. The van der Waals surface area contributed by atoms with E-state index in [0.29, 0.717) is 0 Å². The Balaban J connectivity index is 2.47. The van der Waals surface area contributed by atoms with E-state index < -0.39 is 0 Å². The summed E-state index contributed by atoms with van der Waals surface area (Å²) < 4.78 is 1.72. The Morgan fingerprint density at radius 3 is 3.07 bits per heavy atom. The zero-order valence-corrected chi connectivity index (χ0v) is 8.90. The van der Waals surface area contributed by atoms with Gasteiger partial charge >= 0.3 is 0 Å². The number of nitrogens with zero attached hydrogens (tertiary/aromatic N) is 4. The van der Waals surface area contributed by atoms with E-state index in [1.165, 1.54) is 0 Å². The molecule has 15 heavy (non-hydrogen) atoms. The molecule has 0 aliphatic carbocycles. The average Bonchev–Trinajstić information content (AvgIpc) is 2.63. The van der Waals surface area contributed by atoms with Crippen molar-refractivity contribution >= 4 is 23.1 Å². The number of thiocarbonyl (C=S) groups is 1. The van der Waals surface area contributed by atoms with Crippen LogP contribution in [0.15, 0.2) is 35.7 Å². The summed E-state index contributed by atoms with van der Waals surface area (Å²) in [6.45, 7) is 1.87. The fourth-order valence-electron chi connectivity index (χ4n) is 1.23. The molecule has 4 nitrogen and oxygen atoms in total. The summed E-state index contributed by atoms with van der Waals surface area (Å²) in [6, 6.07) is 3.78. The molecule has 2 heterocycles. The molecule has 0 spiro atoms. The summed E-state index contributed by atoms with van der Waals surface area (Å²) in [7, 11) is 0. The predicted molar refractivity (Wildman–Crippen MR) is 60.8 cm³/mol. The number of hydrogen-bond acceptors (Lipinski definition) is 4. The molecule has 0 unspecified atom stereocenters. The van der Waals surface area contributed by atoms with Gasteiger partial charge in [-0.15, -0.1) is 0 Å². The summed E-state index contributed by atoms with van der Waals surface area (Å²) in [5, 5.41) is 6.63. The predicted octanol–water partition coefficient (Wildman–Crippen LogP) is 2.31. The van der Waals surface area contributed by atoms with Gasteiger partial charge in [0.15, 0.2) is 0 Å². The van der Waals surface area contributed by atoms with Crippen LogP contribution < -0.4 is 0 Å². The smallest absolute Gasteiger partial charge is 0.115 e. The van der Waals surface area contributed by atoms with Crippen LogP contribution in [0, 0.1) is 6.92 Å². The topological polar surface area (TPSA) is 43.1 Å². The Labute approximate surface area is 92.3 Å². The van der Waals surface area contributed by atoms with E-state index in [9.17, 15) is 0 Å². The Kier molecular flexibility index (Phi) is 2.67. The molecule has 0 aliphatic rings. The standard InChI is InChI=1S/C10H8N4S/c1-8-10(12-7-15)6-14(13-8)9-3-2-4-11-5-9/h2-6H,1H3. The molecule has 2 aromatic heterocycles. The minimum atomic E-state index is 0.730. The third-order valence-corrected chi connectivity index (χ3v) is 2.04. The zero-order valence-electron chi connectivity index (χ0n) is 8.08. The molecule has 74 valence electrons. The van der Waals surface area contributed by atoms with Gasteiger partial charge in [-0.2, -0.15) is 10.1 Å².